The van der Waals surface area contributed by atoms with Gasteiger partial charge < -0.3 is 19.9 Å². The molecule has 0 radical (unpaired) electrons. The molecule has 0 aromatic rings. The Labute approximate surface area is 127 Å². The van der Waals surface area contributed by atoms with Crippen LogP contribution in [0.15, 0.2) is 23.6 Å². The van der Waals surface area contributed by atoms with E-state index in [2.05, 4.69) is 18.6 Å². The fraction of sp³-hybridized carbons (Fsp3) is 0.688. The van der Waals surface area contributed by atoms with Crippen molar-refractivity contribution in [2.75, 3.05) is 27.3 Å². The Hall–Kier alpha value is -1.58. The third-order valence-corrected chi connectivity index (χ3v) is 3.28. The average Bonchev–Trinajstić information content (AvgIpc) is 2.48. The maximum atomic E-state index is 9.20. The predicted molar refractivity (Wildman–Crippen MR) is 84.0 cm³/mol. The molecule has 5 nitrogen and oxygen atoms in total. The lowest BCUT2D eigenvalue weighted by Gasteiger charge is -2.25. The van der Waals surface area contributed by atoms with Gasteiger partial charge in [0.25, 0.3) is 0 Å². The summed E-state index contributed by atoms with van der Waals surface area (Å²) in [7, 11) is 3.93. The van der Waals surface area contributed by atoms with E-state index in [9.17, 15) is 5.53 Å². The lowest BCUT2D eigenvalue weighted by atomic mass is 10.0. The quantitative estimate of drug-likeness (QED) is 0.373. The standard InChI is InChI=1S/C16H27N3O2/c1-5-7-9-20-15-12-14(19(3)4)16(11-13(15)18-17)21-10-8-6-2/h11-12,15H,5-10H2,1-4H3. The van der Waals surface area contributed by atoms with E-state index >= 15 is 0 Å². The maximum Gasteiger partial charge on any atom is 0.328 e. The molecule has 0 bridgehead atoms. The molecule has 1 rings (SSSR count). The summed E-state index contributed by atoms with van der Waals surface area (Å²) in [6.07, 6.45) is 7.54. The monoisotopic (exact) mass is 293 g/mol. The Kier molecular flexibility index (Phi) is 7.80. The first kappa shape index (κ1) is 17.5. The van der Waals surface area contributed by atoms with E-state index in [1.54, 1.807) is 6.08 Å². The Morgan fingerprint density at radius 3 is 2.43 bits per heavy atom. The molecule has 0 saturated carbocycles. The lowest BCUT2D eigenvalue weighted by Crippen LogP contribution is -2.30. The highest BCUT2D eigenvalue weighted by atomic mass is 16.5. The summed E-state index contributed by atoms with van der Waals surface area (Å²) in [6, 6.07) is 0. The molecule has 0 spiro atoms. The van der Waals surface area contributed by atoms with Gasteiger partial charge in [0.15, 0.2) is 6.10 Å². The summed E-state index contributed by atoms with van der Waals surface area (Å²) in [4.78, 5) is 5.34. The molecule has 118 valence electrons. The molecule has 0 aromatic carbocycles. The number of ether oxygens (including phenoxy) is 2. The zero-order valence-electron chi connectivity index (χ0n) is 13.6. The molecule has 1 aliphatic rings. The van der Waals surface area contributed by atoms with Crippen molar-refractivity contribution in [2.45, 2.75) is 45.6 Å². The van der Waals surface area contributed by atoms with Gasteiger partial charge in [-0.3, -0.25) is 0 Å². The summed E-state index contributed by atoms with van der Waals surface area (Å²) in [5.41, 5.74) is 10.6. The zero-order valence-corrected chi connectivity index (χ0v) is 13.6. The average molecular weight is 293 g/mol. The minimum atomic E-state index is -0.322. The van der Waals surface area contributed by atoms with E-state index in [1.165, 1.54) is 0 Å². The Morgan fingerprint density at radius 2 is 1.86 bits per heavy atom. The van der Waals surface area contributed by atoms with E-state index in [1.807, 2.05) is 25.1 Å². The van der Waals surface area contributed by atoms with Crippen molar-refractivity contribution in [1.29, 1.82) is 0 Å². The van der Waals surface area contributed by atoms with Gasteiger partial charge in [0.05, 0.1) is 18.4 Å². The van der Waals surface area contributed by atoms with Crippen molar-refractivity contribution in [3.8, 4) is 0 Å². The van der Waals surface area contributed by atoms with Crippen LogP contribution < -0.4 is 0 Å². The molecule has 1 atom stereocenters. The molecule has 1 unspecified atom stereocenters. The molecule has 0 fully saturated rings. The summed E-state index contributed by atoms with van der Waals surface area (Å²) in [5.74, 6) is 0.733. The molecule has 0 aromatic heterocycles. The smallest absolute Gasteiger partial charge is 0.328 e. The van der Waals surface area contributed by atoms with Crippen molar-refractivity contribution >= 4 is 5.71 Å². The van der Waals surface area contributed by atoms with Crippen molar-refractivity contribution in [1.82, 2.24) is 4.90 Å². The van der Waals surface area contributed by atoms with Crippen LogP contribution in [-0.2, 0) is 9.47 Å². The van der Waals surface area contributed by atoms with Crippen LogP contribution in [0.25, 0.3) is 5.53 Å². The molecule has 0 heterocycles. The molecular formula is C16H27N3O2. The van der Waals surface area contributed by atoms with E-state index in [0.717, 1.165) is 37.1 Å². The van der Waals surface area contributed by atoms with Crippen molar-refractivity contribution in [2.24, 2.45) is 0 Å². The summed E-state index contributed by atoms with van der Waals surface area (Å²) < 4.78 is 11.6. The minimum absolute atomic E-state index is 0.322. The topological polar surface area (TPSA) is 58.1 Å². The maximum absolute atomic E-state index is 9.20. The lowest BCUT2D eigenvalue weighted by molar-refractivity contribution is -0.0237. The van der Waals surface area contributed by atoms with E-state index in [4.69, 9.17) is 9.47 Å². The fourth-order valence-electron chi connectivity index (χ4n) is 1.99. The number of hydrogen-bond donors (Lipinski definition) is 0. The number of unbranched alkanes of at least 4 members (excludes halogenated alkanes) is 2. The van der Waals surface area contributed by atoms with Crippen LogP contribution in [0.2, 0.25) is 0 Å². The van der Waals surface area contributed by atoms with Gasteiger partial charge in [0.2, 0.25) is 0 Å². The van der Waals surface area contributed by atoms with E-state index in [-0.39, 0.29) is 6.10 Å². The Bertz CT molecular complexity index is 435. The first-order valence-electron chi connectivity index (χ1n) is 7.71. The van der Waals surface area contributed by atoms with Gasteiger partial charge in [-0.05, 0) is 18.9 Å². The molecule has 21 heavy (non-hydrogen) atoms. The fourth-order valence-corrected chi connectivity index (χ4v) is 1.99. The van der Waals surface area contributed by atoms with E-state index in [0.29, 0.717) is 18.9 Å². The van der Waals surface area contributed by atoms with E-state index < -0.39 is 0 Å². The second kappa shape index (κ2) is 9.37. The zero-order chi connectivity index (χ0) is 15.7. The van der Waals surface area contributed by atoms with Crippen LogP contribution in [0.4, 0.5) is 0 Å². The van der Waals surface area contributed by atoms with Gasteiger partial charge in [-0.1, -0.05) is 26.7 Å². The largest absolute Gasteiger partial charge is 0.491 e. The van der Waals surface area contributed by atoms with Gasteiger partial charge in [-0.15, -0.1) is 0 Å². The third kappa shape index (κ3) is 5.37. The second-order valence-electron chi connectivity index (χ2n) is 5.33. The summed E-state index contributed by atoms with van der Waals surface area (Å²) >= 11 is 0. The molecule has 0 aliphatic heterocycles. The number of hydrogen-bond acceptors (Lipinski definition) is 3. The van der Waals surface area contributed by atoms with Gasteiger partial charge >= 0.3 is 5.71 Å². The SMILES string of the molecule is CCCCOC1=CC(=[N+]=[N-])C(OCCCC)C=C1N(C)C. The number of nitrogens with zero attached hydrogens (tertiary/aromatic N) is 3. The van der Waals surface area contributed by atoms with Crippen molar-refractivity contribution in [3.05, 3.63) is 29.1 Å². The Balaban J connectivity index is 2.85. The normalized spacial score (nSPS) is 17.9. The highest BCUT2D eigenvalue weighted by molar-refractivity contribution is 5.97. The molecule has 0 saturated heterocycles. The molecule has 0 N–H and O–H groups in total. The van der Waals surface area contributed by atoms with Crippen LogP contribution in [0, 0.1) is 0 Å². The first-order valence-corrected chi connectivity index (χ1v) is 7.71. The second-order valence-corrected chi connectivity index (χ2v) is 5.33. The molecule has 5 heteroatoms. The van der Waals surface area contributed by atoms with Crippen LogP contribution in [0.1, 0.15) is 39.5 Å². The summed E-state index contributed by atoms with van der Waals surface area (Å²) in [5, 5.41) is 0. The van der Waals surface area contributed by atoms with Crippen LogP contribution >= 0.6 is 0 Å². The van der Waals surface area contributed by atoms with Gasteiger partial charge in [-0.2, -0.15) is 4.79 Å². The highest BCUT2D eigenvalue weighted by Crippen LogP contribution is 2.22. The number of rotatable bonds is 9. The van der Waals surface area contributed by atoms with Crippen molar-refractivity contribution < 1.29 is 14.3 Å². The van der Waals surface area contributed by atoms with Gasteiger partial charge in [0.1, 0.15) is 5.76 Å². The van der Waals surface area contributed by atoms with Crippen LogP contribution in [-0.4, -0.2) is 48.8 Å². The van der Waals surface area contributed by atoms with Crippen LogP contribution in [0.5, 0.6) is 0 Å². The van der Waals surface area contributed by atoms with Crippen LogP contribution in [0.3, 0.4) is 0 Å². The molecular weight excluding hydrogens is 266 g/mol. The minimum Gasteiger partial charge on any atom is -0.491 e. The first-order chi connectivity index (χ1) is 10.1. The number of likely N-dealkylation sites (N-methyl/N-ethyl adjacent to an activating group) is 1. The van der Waals surface area contributed by atoms with Gasteiger partial charge in [0, 0.05) is 20.7 Å². The third-order valence-electron chi connectivity index (χ3n) is 3.28. The molecule has 1 aliphatic carbocycles. The molecule has 0 amide bonds. The Morgan fingerprint density at radius 1 is 1.19 bits per heavy atom. The van der Waals surface area contributed by atoms with Gasteiger partial charge in [-0.25, -0.2) is 0 Å². The van der Waals surface area contributed by atoms with Crippen molar-refractivity contribution in [3.63, 3.8) is 0 Å². The summed E-state index contributed by atoms with van der Waals surface area (Å²) in [6.45, 7) is 5.55. The highest BCUT2D eigenvalue weighted by Gasteiger charge is 2.29. The predicted octanol–water partition coefficient (Wildman–Crippen LogP) is 3.00.